The fourth-order valence-corrected chi connectivity index (χ4v) is 3.66. The Kier molecular flexibility index (Phi) is 6.17. The molecule has 28 heavy (non-hydrogen) atoms. The molecule has 2 aromatic rings. The van der Waals surface area contributed by atoms with Crippen LogP contribution in [0.2, 0.25) is 0 Å². The lowest BCUT2D eigenvalue weighted by atomic mass is 10.1. The fraction of sp³-hybridized carbons (Fsp3) is 0.400. The number of rotatable bonds is 6. The SMILES string of the molecule is CC(C)Sc1ccc(CC(=O)N2CC(Oc3ncccc3C(F)(F)F)C2)cc1. The Bertz CT molecular complexity index is 819. The van der Waals surface area contributed by atoms with Gasteiger partial charge in [-0.15, -0.1) is 11.8 Å². The number of amides is 1. The highest BCUT2D eigenvalue weighted by Crippen LogP contribution is 2.35. The molecule has 1 aromatic carbocycles. The van der Waals surface area contributed by atoms with E-state index in [0.717, 1.165) is 16.5 Å². The first kappa shape index (κ1) is 20.5. The van der Waals surface area contributed by atoms with Gasteiger partial charge >= 0.3 is 6.18 Å². The summed E-state index contributed by atoms with van der Waals surface area (Å²) in [6.07, 6.45) is -3.49. The zero-order valence-electron chi connectivity index (χ0n) is 15.6. The maximum atomic E-state index is 13.0. The molecule has 0 radical (unpaired) electrons. The van der Waals surface area contributed by atoms with E-state index in [2.05, 4.69) is 18.8 Å². The number of hydrogen-bond donors (Lipinski definition) is 0. The predicted octanol–water partition coefficient (Wildman–Crippen LogP) is 4.43. The van der Waals surface area contributed by atoms with E-state index in [4.69, 9.17) is 4.74 Å². The average molecular weight is 410 g/mol. The number of thioether (sulfide) groups is 1. The molecule has 0 saturated carbocycles. The quantitative estimate of drug-likeness (QED) is 0.661. The number of hydrogen-bond acceptors (Lipinski definition) is 4. The number of halogens is 3. The zero-order valence-corrected chi connectivity index (χ0v) is 16.4. The maximum absolute atomic E-state index is 13.0. The van der Waals surface area contributed by atoms with Gasteiger partial charge in [0.2, 0.25) is 11.8 Å². The van der Waals surface area contributed by atoms with Crippen LogP contribution in [0.25, 0.3) is 0 Å². The van der Waals surface area contributed by atoms with Gasteiger partial charge in [-0.1, -0.05) is 26.0 Å². The Morgan fingerprint density at radius 2 is 1.93 bits per heavy atom. The standard InChI is InChI=1S/C20H21F3N2O2S/c1-13(2)28-16-7-5-14(6-8-16)10-18(26)25-11-15(12-25)27-19-17(20(21,22)23)4-3-9-24-19/h3-9,13,15H,10-12H2,1-2H3. The Hall–Kier alpha value is -2.22. The molecule has 0 spiro atoms. The van der Waals surface area contributed by atoms with E-state index >= 15 is 0 Å². The third-order valence-corrected chi connectivity index (χ3v) is 5.22. The van der Waals surface area contributed by atoms with Crippen LogP contribution in [0.3, 0.4) is 0 Å². The van der Waals surface area contributed by atoms with E-state index in [9.17, 15) is 18.0 Å². The molecule has 2 heterocycles. The molecule has 0 unspecified atom stereocenters. The monoisotopic (exact) mass is 410 g/mol. The van der Waals surface area contributed by atoms with Gasteiger partial charge in [-0.25, -0.2) is 4.98 Å². The van der Waals surface area contributed by atoms with Crippen molar-refractivity contribution in [2.45, 2.75) is 42.7 Å². The Balaban J connectivity index is 1.51. The molecule has 1 aromatic heterocycles. The fourth-order valence-electron chi connectivity index (χ4n) is 2.82. The number of ether oxygens (including phenoxy) is 1. The molecular formula is C20H21F3N2O2S. The number of benzene rings is 1. The molecule has 0 bridgehead atoms. The van der Waals surface area contributed by atoms with E-state index in [1.54, 1.807) is 16.7 Å². The van der Waals surface area contributed by atoms with E-state index in [-0.39, 0.29) is 25.4 Å². The summed E-state index contributed by atoms with van der Waals surface area (Å²) in [5, 5.41) is 0.488. The van der Waals surface area contributed by atoms with Crippen molar-refractivity contribution >= 4 is 17.7 Å². The van der Waals surface area contributed by atoms with Gasteiger partial charge in [0.15, 0.2) is 0 Å². The van der Waals surface area contributed by atoms with Gasteiger partial charge in [0, 0.05) is 16.3 Å². The van der Waals surface area contributed by atoms with Crippen molar-refractivity contribution < 1.29 is 22.7 Å². The van der Waals surface area contributed by atoms with Crippen LogP contribution < -0.4 is 4.74 Å². The van der Waals surface area contributed by atoms with Crippen LogP contribution in [0.1, 0.15) is 25.0 Å². The first-order valence-electron chi connectivity index (χ1n) is 8.94. The number of carbonyl (C=O) groups excluding carboxylic acids is 1. The molecule has 1 fully saturated rings. The Morgan fingerprint density at radius 3 is 2.54 bits per heavy atom. The van der Waals surface area contributed by atoms with Crippen molar-refractivity contribution in [3.05, 3.63) is 53.7 Å². The van der Waals surface area contributed by atoms with Crippen LogP contribution in [0.5, 0.6) is 5.88 Å². The zero-order chi connectivity index (χ0) is 20.3. The molecular weight excluding hydrogens is 389 g/mol. The second kappa shape index (κ2) is 8.43. The lowest BCUT2D eigenvalue weighted by molar-refractivity contribution is -0.144. The minimum Gasteiger partial charge on any atom is -0.470 e. The van der Waals surface area contributed by atoms with Gasteiger partial charge in [-0.2, -0.15) is 13.2 Å². The average Bonchev–Trinajstić information content (AvgIpc) is 2.58. The summed E-state index contributed by atoms with van der Waals surface area (Å²) in [5.41, 5.74) is 0.00527. The van der Waals surface area contributed by atoms with E-state index in [1.165, 1.54) is 12.3 Å². The van der Waals surface area contributed by atoms with Gasteiger partial charge in [-0.05, 0) is 29.8 Å². The van der Waals surface area contributed by atoms with Gasteiger partial charge < -0.3 is 9.64 Å². The largest absolute Gasteiger partial charge is 0.470 e. The summed E-state index contributed by atoms with van der Waals surface area (Å²) in [6.45, 7) is 4.75. The lowest BCUT2D eigenvalue weighted by Gasteiger charge is -2.39. The minimum atomic E-state index is -4.52. The van der Waals surface area contributed by atoms with Crippen LogP contribution in [-0.4, -0.2) is 40.2 Å². The number of nitrogens with zero attached hydrogens (tertiary/aromatic N) is 2. The summed E-state index contributed by atoms with van der Waals surface area (Å²) in [5.74, 6) is -0.508. The van der Waals surface area contributed by atoms with Crippen molar-refractivity contribution in [1.29, 1.82) is 0 Å². The number of pyridine rings is 1. The second-order valence-corrected chi connectivity index (χ2v) is 8.53. The molecule has 1 aliphatic heterocycles. The molecule has 150 valence electrons. The van der Waals surface area contributed by atoms with Crippen molar-refractivity contribution in [1.82, 2.24) is 9.88 Å². The van der Waals surface area contributed by atoms with E-state index in [0.29, 0.717) is 5.25 Å². The van der Waals surface area contributed by atoms with Crippen LogP contribution >= 0.6 is 11.8 Å². The van der Waals surface area contributed by atoms with Gasteiger partial charge in [0.05, 0.1) is 19.5 Å². The van der Waals surface area contributed by atoms with Crippen molar-refractivity contribution in [2.75, 3.05) is 13.1 Å². The van der Waals surface area contributed by atoms with Crippen molar-refractivity contribution in [3.8, 4) is 5.88 Å². The minimum absolute atomic E-state index is 0.0684. The van der Waals surface area contributed by atoms with Crippen LogP contribution in [0.4, 0.5) is 13.2 Å². The van der Waals surface area contributed by atoms with Crippen molar-refractivity contribution in [2.24, 2.45) is 0 Å². The number of likely N-dealkylation sites (tertiary alicyclic amines) is 1. The third-order valence-electron chi connectivity index (χ3n) is 4.21. The summed E-state index contributed by atoms with van der Waals surface area (Å²) in [6, 6.07) is 10.0. The van der Waals surface area contributed by atoms with E-state index < -0.39 is 23.7 Å². The molecule has 1 saturated heterocycles. The van der Waals surface area contributed by atoms with Crippen molar-refractivity contribution in [3.63, 3.8) is 0 Å². The summed E-state index contributed by atoms with van der Waals surface area (Å²) >= 11 is 1.75. The number of alkyl halides is 3. The first-order valence-corrected chi connectivity index (χ1v) is 9.82. The summed E-state index contributed by atoms with van der Waals surface area (Å²) < 4.78 is 44.3. The molecule has 0 aliphatic carbocycles. The highest BCUT2D eigenvalue weighted by atomic mass is 32.2. The highest BCUT2D eigenvalue weighted by molar-refractivity contribution is 7.99. The molecule has 0 N–H and O–H groups in total. The molecule has 4 nitrogen and oxygen atoms in total. The molecule has 8 heteroatoms. The molecule has 1 aliphatic rings. The third kappa shape index (κ3) is 5.19. The van der Waals surface area contributed by atoms with Crippen LogP contribution in [0.15, 0.2) is 47.5 Å². The topological polar surface area (TPSA) is 42.4 Å². The number of carbonyl (C=O) groups is 1. The Morgan fingerprint density at radius 1 is 1.25 bits per heavy atom. The Labute approximate surface area is 166 Å². The van der Waals surface area contributed by atoms with Gasteiger partial charge in [0.1, 0.15) is 11.7 Å². The smallest absolute Gasteiger partial charge is 0.421 e. The second-order valence-electron chi connectivity index (χ2n) is 6.88. The molecule has 0 atom stereocenters. The number of aromatic nitrogens is 1. The van der Waals surface area contributed by atoms with Gasteiger partial charge in [-0.3, -0.25) is 4.79 Å². The maximum Gasteiger partial charge on any atom is 0.421 e. The molecule has 1 amide bonds. The summed E-state index contributed by atoms with van der Waals surface area (Å²) in [7, 11) is 0. The lowest BCUT2D eigenvalue weighted by Crippen LogP contribution is -2.56. The first-order chi connectivity index (χ1) is 13.2. The predicted molar refractivity (Wildman–Crippen MR) is 101 cm³/mol. The molecule has 3 rings (SSSR count). The van der Waals surface area contributed by atoms with Crippen LogP contribution in [-0.2, 0) is 17.4 Å². The van der Waals surface area contributed by atoms with Gasteiger partial charge in [0.25, 0.3) is 0 Å². The normalized spacial score (nSPS) is 14.9. The van der Waals surface area contributed by atoms with E-state index in [1.807, 2.05) is 24.3 Å². The van der Waals surface area contributed by atoms with Crippen LogP contribution in [0, 0.1) is 0 Å². The highest BCUT2D eigenvalue weighted by Gasteiger charge is 2.38. The summed E-state index contributed by atoms with van der Waals surface area (Å²) in [4.78, 5) is 18.8.